The van der Waals surface area contributed by atoms with Gasteiger partial charge in [0.1, 0.15) is 16.7 Å². The molecule has 0 radical (unpaired) electrons. The summed E-state index contributed by atoms with van der Waals surface area (Å²) in [6.45, 7) is 0. The average molecular weight is 422 g/mol. The van der Waals surface area contributed by atoms with Gasteiger partial charge >= 0.3 is 0 Å². The van der Waals surface area contributed by atoms with Gasteiger partial charge in [0.25, 0.3) is 5.91 Å². The molecular formula is C23H17ClFN3O2. The summed E-state index contributed by atoms with van der Waals surface area (Å²) < 4.78 is 13.3. The van der Waals surface area contributed by atoms with Gasteiger partial charge in [-0.15, -0.1) is 0 Å². The Labute approximate surface area is 177 Å². The molecule has 0 spiro atoms. The largest absolute Gasteiger partial charge is 0.388 e. The molecule has 1 amide bonds. The number of amides is 1. The van der Waals surface area contributed by atoms with Gasteiger partial charge in [-0.3, -0.25) is 4.79 Å². The van der Waals surface area contributed by atoms with Crippen molar-refractivity contribution in [3.8, 4) is 11.1 Å². The van der Waals surface area contributed by atoms with Crippen molar-refractivity contribution in [2.24, 2.45) is 5.73 Å². The van der Waals surface area contributed by atoms with E-state index in [1.54, 1.807) is 48.7 Å². The van der Waals surface area contributed by atoms with Gasteiger partial charge in [-0.1, -0.05) is 41.9 Å². The van der Waals surface area contributed by atoms with E-state index in [0.29, 0.717) is 28.2 Å². The Morgan fingerprint density at radius 1 is 1.10 bits per heavy atom. The molecule has 0 aliphatic carbocycles. The molecule has 2 aromatic heterocycles. The van der Waals surface area contributed by atoms with Crippen LogP contribution in [0.25, 0.3) is 22.0 Å². The predicted molar refractivity (Wildman–Crippen MR) is 114 cm³/mol. The second-order valence-electron chi connectivity index (χ2n) is 6.91. The minimum Gasteiger partial charge on any atom is -0.388 e. The predicted octanol–water partition coefficient (Wildman–Crippen LogP) is 4.46. The SMILES string of the molecule is NC(=O)c1cc(-c2ccc(F)cc2)c2ccc([C@@H](O)Cc3ccc(Cl)nc3)cc2n1. The fraction of sp³-hybridized carbons (Fsp3) is 0.0870. The molecule has 4 rings (SSSR count). The third-order valence-electron chi connectivity index (χ3n) is 4.84. The van der Waals surface area contributed by atoms with Crippen molar-refractivity contribution in [2.45, 2.75) is 12.5 Å². The zero-order valence-corrected chi connectivity index (χ0v) is 16.5. The maximum atomic E-state index is 13.3. The molecule has 4 aromatic rings. The van der Waals surface area contributed by atoms with Gasteiger partial charge in [-0.2, -0.15) is 0 Å². The number of hydrogen-bond donors (Lipinski definition) is 2. The highest BCUT2D eigenvalue weighted by Crippen LogP contribution is 2.31. The highest BCUT2D eigenvalue weighted by atomic mass is 35.5. The van der Waals surface area contributed by atoms with Crippen LogP contribution in [0.1, 0.15) is 27.7 Å². The van der Waals surface area contributed by atoms with Crippen molar-refractivity contribution in [1.29, 1.82) is 0 Å². The monoisotopic (exact) mass is 421 g/mol. The van der Waals surface area contributed by atoms with Gasteiger partial charge in [-0.05, 0) is 52.6 Å². The summed E-state index contributed by atoms with van der Waals surface area (Å²) in [4.78, 5) is 20.2. The molecule has 0 saturated heterocycles. The molecule has 0 saturated carbocycles. The normalized spacial score (nSPS) is 12.1. The molecule has 7 heteroatoms. The molecule has 0 fully saturated rings. The number of rotatable bonds is 5. The minimum absolute atomic E-state index is 0.0929. The van der Waals surface area contributed by atoms with Crippen LogP contribution < -0.4 is 5.73 Å². The number of fused-ring (bicyclic) bond motifs is 1. The molecule has 2 aromatic carbocycles. The first kappa shape index (κ1) is 19.9. The number of nitrogens with two attached hydrogens (primary N) is 1. The number of aliphatic hydroxyl groups excluding tert-OH is 1. The lowest BCUT2D eigenvalue weighted by molar-refractivity contribution is 0.0996. The van der Waals surface area contributed by atoms with Gasteiger partial charge in [0.15, 0.2) is 0 Å². The summed E-state index contributed by atoms with van der Waals surface area (Å²) in [5.74, 6) is -1.02. The van der Waals surface area contributed by atoms with Crippen molar-refractivity contribution in [3.05, 3.63) is 94.7 Å². The van der Waals surface area contributed by atoms with Gasteiger partial charge < -0.3 is 10.8 Å². The second-order valence-corrected chi connectivity index (χ2v) is 7.30. The number of primary amides is 1. The number of halogens is 2. The van der Waals surface area contributed by atoms with E-state index in [2.05, 4.69) is 9.97 Å². The van der Waals surface area contributed by atoms with Crippen molar-refractivity contribution in [3.63, 3.8) is 0 Å². The minimum atomic E-state index is -0.800. The third-order valence-corrected chi connectivity index (χ3v) is 5.07. The van der Waals surface area contributed by atoms with Gasteiger partial charge in [0.2, 0.25) is 0 Å². The maximum Gasteiger partial charge on any atom is 0.267 e. The summed E-state index contributed by atoms with van der Waals surface area (Å²) in [6.07, 6.45) is 1.16. The zero-order valence-electron chi connectivity index (χ0n) is 15.7. The van der Waals surface area contributed by atoms with Gasteiger partial charge in [0, 0.05) is 18.0 Å². The summed E-state index contributed by atoms with van der Waals surface area (Å²) in [7, 11) is 0. The van der Waals surface area contributed by atoms with Crippen LogP contribution in [0, 0.1) is 5.82 Å². The quantitative estimate of drug-likeness (QED) is 0.465. The standard InChI is InChI=1S/C23H17ClFN3O2/c24-22-8-1-13(12-27-22)9-21(29)15-4-7-17-18(14-2-5-16(25)6-3-14)11-20(23(26)30)28-19(17)10-15/h1-8,10-12,21,29H,9H2,(H2,26,30)/t21-/m0/s1. The number of aromatic nitrogens is 2. The molecule has 150 valence electrons. The topological polar surface area (TPSA) is 89.1 Å². The first-order chi connectivity index (χ1) is 14.4. The Balaban J connectivity index is 1.76. The number of carbonyl (C=O) groups is 1. The van der Waals surface area contributed by atoms with E-state index in [1.165, 1.54) is 12.1 Å². The van der Waals surface area contributed by atoms with Crippen molar-refractivity contribution < 1.29 is 14.3 Å². The Morgan fingerprint density at radius 2 is 1.87 bits per heavy atom. The smallest absolute Gasteiger partial charge is 0.267 e. The molecular weight excluding hydrogens is 405 g/mol. The number of benzene rings is 2. The summed E-state index contributed by atoms with van der Waals surface area (Å²) in [5, 5.41) is 11.8. The Kier molecular flexibility index (Phi) is 5.44. The van der Waals surface area contributed by atoms with Crippen LogP contribution in [-0.2, 0) is 6.42 Å². The lowest BCUT2D eigenvalue weighted by Gasteiger charge is -2.14. The number of pyridine rings is 2. The molecule has 30 heavy (non-hydrogen) atoms. The van der Waals surface area contributed by atoms with Crippen LogP contribution in [0.4, 0.5) is 4.39 Å². The molecule has 5 nitrogen and oxygen atoms in total. The van der Waals surface area contributed by atoms with Crippen molar-refractivity contribution in [2.75, 3.05) is 0 Å². The summed E-state index contributed by atoms with van der Waals surface area (Å²) in [6, 6.07) is 16.4. The second kappa shape index (κ2) is 8.18. The number of aliphatic hydroxyl groups is 1. The Morgan fingerprint density at radius 3 is 2.53 bits per heavy atom. The molecule has 3 N–H and O–H groups in total. The molecule has 0 aliphatic rings. The first-order valence-electron chi connectivity index (χ1n) is 9.19. The van der Waals surface area contributed by atoms with E-state index in [1.807, 2.05) is 6.07 Å². The van der Waals surface area contributed by atoms with Crippen LogP contribution in [0.5, 0.6) is 0 Å². The van der Waals surface area contributed by atoms with Gasteiger partial charge in [0.05, 0.1) is 11.6 Å². The highest BCUT2D eigenvalue weighted by molar-refractivity contribution is 6.29. The zero-order chi connectivity index (χ0) is 21.3. The Bertz CT molecular complexity index is 1230. The first-order valence-corrected chi connectivity index (χ1v) is 9.57. The van der Waals surface area contributed by atoms with Crippen LogP contribution in [0.2, 0.25) is 5.15 Å². The Hall–Kier alpha value is -3.35. The van der Waals surface area contributed by atoms with E-state index < -0.39 is 12.0 Å². The van der Waals surface area contributed by atoms with E-state index >= 15 is 0 Å². The fourth-order valence-corrected chi connectivity index (χ4v) is 3.43. The third kappa shape index (κ3) is 4.15. The maximum absolute atomic E-state index is 13.3. The average Bonchev–Trinajstić information content (AvgIpc) is 2.74. The molecule has 2 heterocycles. The van der Waals surface area contributed by atoms with E-state index in [0.717, 1.165) is 16.5 Å². The number of nitrogens with zero attached hydrogens (tertiary/aromatic N) is 2. The lowest BCUT2D eigenvalue weighted by Crippen LogP contribution is -2.13. The summed E-state index contributed by atoms with van der Waals surface area (Å²) >= 11 is 5.80. The van der Waals surface area contributed by atoms with Crippen molar-refractivity contribution in [1.82, 2.24) is 9.97 Å². The van der Waals surface area contributed by atoms with E-state index in [4.69, 9.17) is 17.3 Å². The number of hydrogen-bond acceptors (Lipinski definition) is 4. The molecule has 0 bridgehead atoms. The van der Waals surface area contributed by atoms with Crippen LogP contribution in [0.15, 0.2) is 66.9 Å². The summed E-state index contributed by atoms with van der Waals surface area (Å²) in [5.41, 5.74) is 8.96. The number of carbonyl (C=O) groups excluding carboxylic acids is 1. The van der Waals surface area contributed by atoms with Crippen LogP contribution in [-0.4, -0.2) is 21.0 Å². The van der Waals surface area contributed by atoms with Crippen molar-refractivity contribution >= 4 is 28.4 Å². The fourth-order valence-electron chi connectivity index (χ4n) is 3.32. The molecule has 0 aliphatic heterocycles. The van der Waals surface area contributed by atoms with Gasteiger partial charge in [-0.25, -0.2) is 14.4 Å². The lowest BCUT2D eigenvalue weighted by atomic mass is 9.96. The highest BCUT2D eigenvalue weighted by Gasteiger charge is 2.15. The molecule has 0 unspecified atom stereocenters. The molecule has 1 atom stereocenters. The van der Waals surface area contributed by atoms with E-state index in [9.17, 15) is 14.3 Å². The van der Waals surface area contributed by atoms with E-state index in [-0.39, 0.29) is 11.5 Å². The van der Waals surface area contributed by atoms with Crippen LogP contribution >= 0.6 is 11.6 Å². The van der Waals surface area contributed by atoms with Crippen LogP contribution in [0.3, 0.4) is 0 Å².